The first kappa shape index (κ1) is 26.7. The summed E-state index contributed by atoms with van der Waals surface area (Å²) in [5, 5.41) is 18.1. The van der Waals surface area contributed by atoms with E-state index in [1.54, 1.807) is 18.2 Å². The summed E-state index contributed by atoms with van der Waals surface area (Å²) in [6.07, 6.45) is 11.9. The molecule has 3 atom stereocenters. The van der Waals surface area contributed by atoms with E-state index in [1.165, 1.54) is 31.3 Å². The summed E-state index contributed by atoms with van der Waals surface area (Å²) < 4.78 is 0. The fourth-order valence-electron chi connectivity index (χ4n) is 6.86. The fraction of sp³-hybridized carbons (Fsp3) is 0.581. The third-order valence-electron chi connectivity index (χ3n) is 9.55. The second-order valence-electron chi connectivity index (χ2n) is 12.4. The standard InChI is InChI=1S/C31H39N5O4/c1-17-4-2-3-5-22(17)25(28(32)19-6-7-19)16-34-21-12-18(13-21)15-33-20-8-9-23-24(14-20)31(40)36(30(23)39)26-10-11-27(37)35-29(26)38/h8-9,14,16-19,21-22,26,32-34H,2-7,10-13,15H2,1H3,(H,35,37,38)/b25-16-,32-28?. The molecule has 4 amide bonds. The number of imide groups is 2. The first-order valence-corrected chi connectivity index (χ1v) is 14.9. The minimum atomic E-state index is -0.954. The molecule has 1 aromatic carbocycles. The van der Waals surface area contributed by atoms with Crippen LogP contribution < -0.4 is 16.0 Å². The van der Waals surface area contributed by atoms with Crippen molar-refractivity contribution in [2.45, 2.75) is 83.2 Å². The van der Waals surface area contributed by atoms with Gasteiger partial charge in [-0.05, 0) is 80.1 Å². The highest BCUT2D eigenvalue weighted by atomic mass is 16.2. The van der Waals surface area contributed by atoms with Crippen molar-refractivity contribution in [2.24, 2.45) is 23.7 Å². The normalized spacial score (nSPS) is 30.5. The van der Waals surface area contributed by atoms with Gasteiger partial charge in [-0.3, -0.25) is 29.4 Å². The lowest BCUT2D eigenvalue weighted by Gasteiger charge is -2.37. The van der Waals surface area contributed by atoms with Gasteiger partial charge in [-0.2, -0.15) is 0 Å². The molecule has 1 aromatic rings. The molecule has 212 valence electrons. The fourth-order valence-corrected chi connectivity index (χ4v) is 6.86. The minimum absolute atomic E-state index is 0.105. The number of anilines is 1. The van der Waals surface area contributed by atoms with Gasteiger partial charge in [-0.25, -0.2) is 0 Å². The van der Waals surface area contributed by atoms with E-state index in [9.17, 15) is 19.2 Å². The van der Waals surface area contributed by atoms with Crippen molar-refractivity contribution in [1.82, 2.24) is 15.5 Å². The van der Waals surface area contributed by atoms with Crippen molar-refractivity contribution in [3.8, 4) is 0 Å². The molecule has 5 aliphatic rings. The molecule has 9 nitrogen and oxygen atoms in total. The monoisotopic (exact) mass is 545 g/mol. The van der Waals surface area contributed by atoms with Gasteiger partial charge in [0, 0.05) is 42.5 Å². The van der Waals surface area contributed by atoms with Crippen LogP contribution in [0.1, 0.15) is 91.8 Å². The average molecular weight is 546 g/mol. The van der Waals surface area contributed by atoms with Crippen LogP contribution in [0.5, 0.6) is 0 Å². The molecule has 1 saturated heterocycles. The van der Waals surface area contributed by atoms with Crippen LogP contribution in [0.2, 0.25) is 0 Å². The third-order valence-corrected chi connectivity index (χ3v) is 9.55. The molecular formula is C31H39N5O4. The lowest BCUT2D eigenvalue weighted by molar-refractivity contribution is -0.136. The zero-order valence-electron chi connectivity index (χ0n) is 23.1. The zero-order chi connectivity index (χ0) is 28.0. The van der Waals surface area contributed by atoms with Gasteiger partial charge in [0.25, 0.3) is 11.8 Å². The van der Waals surface area contributed by atoms with Crippen LogP contribution in [0.3, 0.4) is 0 Å². The number of amides is 4. The van der Waals surface area contributed by atoms with E-state index in [0.717, 1.165) is 48.5 Å². The second-order valence-corrected chi connectivity index (χ2v) is 12.4. The lowest BCUT2D eigenvalue weighted by Crippen LogP contribution is -2.54. The van der Waals surface area contributed by atoms with Gasteiger partial charge in [-0.15, -0.1) is 0 Å². The van der Waals surface area contributed by atoms with Crippen LogP contribution in [-0.4, -0.2) is 52.9 Å². The van der Waals surface area contributed by atoms with Crippen LogP contribution in [0.25, 0.3) is 0 Å². The van der Waals surface area contributed by atoms with Crippen molar-refractivity contribution in [3.05, 3.63) is 41.1 Å². The Kier molecular flexibility index (Phi) is 7.23. The summed E-state index contributed by atoms with van der Waals surface area (Å²) >= 11 is 0. The summed E-state index contributed by atoms with van der Waals surface area (Å²) in [6, 6.07) is 4.59. The highest BCUT2D eigenvalue weighted by molar-refractivity contribution is 6.23. The Bertz CT molecular complexity index is 1280. The molecule has 0 spiro atoms. The number of allylic oxidation sites excluding steroid dienone is 1. The van der Waals surface area contributed by atoms with Gasteiger partial charge in [0.05, 0.1) is 11.1 Å². The predicted molar refractivity (Wildman–Crippen MR) is 151 cm³/mol. The van der Waals surface area contributed by atoms with E-state index in [0.29, 0.717) is 40.8 Å². The topological polar surface area (TPSA) is 131 Å². The predicted octanol–water partition coefficient (Wildman–Crippen LogP) is 4.01. The number of carbonyl (C=O) groups excluding carboxylic acids is 4. The Morgan fingerprint density at radius 1 is 1.02 bits per heavy atom. The van der Waals surface area contributed by atoms with Crippen molar-refractivity contribution in [2.75, 3.05) is 11.9 Å². The molecule has 2 heterocycles. The average Bonchev–Trinajstić information content (AvgIpc) is 3.73. The van der Waals surface area contributed by atoms with E-state index in [2.05, 4.69) is 29.1 Å². The molecule has 40 heavy (non-hydrogen) atoms. The van der Waals surface area contributed by atoms with Crippen molar-refractivity contribution in [1.29, 1.82) is 5.41 Å². The summed E-state index contributed by atoms with van der Waals surface area (Å²) in [5.74, 6) is 0.152. The Hall–Kier alpha value is -3.49. The molecule has 4 N–H and O–H groups in total. The number of rotatable bonds is 9. The van der Waals surface area contributed by atoms with Crippen molar-refractivity contribution < 1.29 is 19.2 Å². The first-order chi connectivity index (χ1) is 19.3. The van der Waals surface area contributed by atoms with E-state index in [1.807, 2.05) is 0 Å². The molecule has 2 aliphatic heterocycles. The van der Waals surface area contributed by atoms with Gasteiger partial charge in [0.2, 0.25) is 11.8 Å². The summed E-state index contributed by atoms with van der Waals surface area (Å²) in [6.45, 7) is 3.11. The molecule has 0 bridgehead atoms. The van der Waals surface area contributed by atoms with E-state index < -0.39 is 23.8 Å². The highest BCUT2D eigenvalue weighted by Gasteiger charge is 2.44. The SMILES string of the molecule is CC1CCCCC1/C(=C/NC1CC(CNc2ccc3c(c2)C(=O)N(C2CCC(=O)NC2=O)C3=O)C1)C(=N)C1CC1. The summed E-state index contributed by atoms with van der Waals surface area (Å²) in [4.78, 5) is 50.7. The molecule has 0 radical (unpaired) electrons. The van der Waals surface area contributed by atoms with Crippen molar-refractivity contribution >= 4 is 35.0 Å². The summed E-state index contributed by atoms with van der Waals surface area (Å²) in [5.41, 5.74) is 3.47. The smallest absolute Gasteiger partial charge is 0.262 e. The van der Waals surface area contributed by atoms with Crippen LogP contribution in [0.15, 0.2) is 30.0 Å². The number of benzene rings is 1. The van der Waals surface area contributed by atoms with E-state index in [-0.39, 0.29) is 18.7 Å². The van der Waals surface area contributed by atoms with Crippen LogP contribution in [0, 0.1) is 29.1 Å². The van der Waals surface area contributed by atoms with Crippen LogP contribution >= 0.6 is 0 Å². The maximum absolute atomic E-state index is 13.1. The number of nitrogens with one attached hydrogen (secondary N) is 4. The first-order valence-electron chi connectivity index (χ1n) is 14.9. The number of hydrogen-bond acceptors (Lipinski definition) is 7. The molecule has 0 aromatic heterocycles. The quantitative estimate of drug-likeness (QED) is 0.274. The minimum Gasteiger partial charge on any atom is -0.388 e. The van der Waals surface area contributed by atoms with Gasteiger partial charge >= 0.3 is 0 Å². The third kappa shape index (κ3) is 5.18. The maximum Gasteiger partial charge on any atom is 0.262 e. The van der Waals surface area contributed by atoms with Gasteiger partial charge in [-0.1, -0.05) is 26.2 Å². The Morgan fingerprint density at radius 3 is 2.50 bits per heavy atom. The zero-order valence-corrected chi connectivity index (χ0v) is 23.1. The molecular weight excluding hydrogens is 506 g/mol. The number of piperidine rings is 1. The highest BCUT2D eigenvalue weighted by Crippen LogP contribution is 2.41. The van der Waals surface area contributed by atoms with Crippen molar-refractivity contribution in [3.63, 3.8) is 0 Å². The summed E-state index contributed by atoms with van der Waals surface area (Å²) in [7, 11) is 0. The number of carbonyl (C=O) groups is 4. The molecule has 9 heteroatoms. The molecule has 3 unspecified atom stereocenters. The number of hydrogen-bond donors (Lipinski definition) is 4. The molecule has 4 fully saturated rings. The molecule has 6 rings (SSSR count). The maximum atomic E-state index is 13.1. The number of fused-ring (bicyclic) bond motifs is 1. The largest absolute Gasteiger partial charge is 0.388 e. The molecule has 3 aliphatic carbocycles. The lowest BCUT2D eigenvalue weighted by atomic mass is 9.74. The second kappa shape index (κ2) is 10.8. The number of nitrogens with zero attached hydrogens (tertiary/aromatic N) is 1. The van der Waals surface area contributed by atoms with E-state index in [4.69, 9.17) is 5.41 Å². The van der Waals surface area contributed by atoms with Gasteiger partial charge in [0.1, 0.15) is 6.04 Å². The van der Waals surface area contributed by atoms with Gasteiger partial charge < -0.3 is 16.0 Å². The van der Waals surface area contributed by atoms with Crippen LogP contribution in [0.4, 0.5) is 5.69 Å². The van der Waals surface area contributed by atoms with Crippen LogP contribution in [-0.2, 0) is 9.59 Å². The Labute approximate surface area is 235 Å². The van der Waals surface area contributed by atoms with Gasteiger partial charge in [0.15, 0.2) is 0 Å². The Balaban J connectivity index is 1.02. The molecule has 3 saturated carbocycles. The van der Waals surface area contributed by atoms with E-state index >= 15 is 0 Å². The Morgan fingerprint density at radius 2 is 1.77 bits per heavy atom.